The molecule has 0 aliphatic carbocycles. The van der Waals surface area contributed by atoms with Crippen LogP contribution in [0.5, 0.6) is 0 Å². The van der Waals surface area contributed by atoms with Gasteiger partial charge in [0.15, 0.2) is 0 Å². The minimum Gasteiger partial charge on any atom is -0.379 e. The van der Waals surface area contributed by atoms with Gasteiger partial charge in [0.25, 0.3) is 5.91 Å². The third kappa shape index (κ3) is 3.14. The standard InChI is InChI=1S/C15H18N2O2/c1-17(13-8-10-19-11-13)15(18)14-7-3-2-5-12(14)6-4-9-16/h2-3,5,7,13H,8-11,16H2,1H3. The SMILES string of the molecule is CN(C(=O)c1ccccc1C#CCN)C1CCOC1. The van der Waals surface area contributed by atoms with Crippen LogP contribution in [0.2, 0.25) is 0 Å². The van der Waals surface area contributed by atoms with Crippen LogP contribution < -0.4 is 5.73 Å². The summed E-state index contributed by atoms with van der Waals surface area (Å²) >= 11 is 0. The predicted octanol–water partition coefficient (Wildman–Crippen LogP) is 0.858. The van der Waals surface area contributed by atoms with Crippen molar-refractivity contribution in [3.63, 3.8) is 0 Å². The summed E-state index contributed by atoms with van der Waals surface area (Å²) < 4.78 is 5.32. The number of hydrogen-bond acceptors (Lipinski definition) is 3. The van der Waals surface area contributed by atoms with Gasteiger partial charge in [0.2, 0.25) is 0 Å². The summed E-state index contributed by atoms with van der Waals surface area (Å²) in [5.41, 5.74) is 6.73. The van der Waals surface area contributed by atoms with Gasteiger partial charge in [-0.2, -0.15) is 0 Å². The highest BCUT2D eigenvalue weighted by atomic mass is 16.5. The third-order valence-electron chi connectivity index (χ3n) is 3.26. The summed E-state index contributed by atoms with van der Waals surface area (Å²) in [4.78, 5) is 14.2. The zero-order valence-electron chi connectivity index (χ0n) is 11.1. The molecule has 1 aliphatic rings. The Balaban J connectivity index is 2.22. The topological polar surface area (TPSA) is 55.6 Å². The summed E-state index contributed by atoms with van der Waals surface area (Å²) in [7, 11) is 1.81. The van der Waals surface area contributed by atoms with Gasteiger partial charge in [-0.15, -0.1) is 0 Å². The van der Waals surface area contributed by atoms with Crippen LogP contribution in [0.1, 0.15) is 22.3 Å². The van der Waals surface area contributed by atoms with Gasteiger partial charge < -0.3 is 15.4 Å². The van der Waals surface area contributed by atoms with Gasteiger partial charge in [-0.25, -0.2) is 0 Å². The zero-order chi connectivity index (χ0) is 13.7. The molecule has 1 fully saturated rings. The number of nitrogens with zero attached hydrogens (tertiary/aromatic N) is 1. The number of amides is 1. The molecule has 1 unspecified atom stereocenters. The van der Waals surface area contributed by atoms with Crippen molar-refractivity contribution < 1.29 is 9.53 Å². The second kappa shape index (κ2) is 6.37. The number of benzene rings is 1. The Hall–Kier alpha value is -1.83. The van der Waals surface area contributed by atoms with Crippen molar-refractivity contribution in [2.75, 3.05) is 26.8 Å². The van der Waals surface area contributed by atoms with E-state index in [0.29, 0.717) is 12.2 Å². The molecular formula is C15H18N2O2. The minimum atomic E-state index is -0.0163. The number of ether oxygens (including phenoxy) is 1. The normalized spacial score (nSPS) is 17.7. The summed E-state index contributed by atoms with van der Waals surface area (Å²) in [5, 5.41) is 0. The van der Waals surface area contributed by atoms with E-state index in [4.69, 9.17) is 10.5 Å². The fourth-order valence-electron chi connectivity index (χ4n) is 2.11. The lowest BCUT2D eigenvalue weighted by Crippen LogP contribution is -2.37. The molecule has 2 rings (SSSR count). The molecule has 1 atom stereocenters. The fourth-order valence-corrected chi connectivity index (χ4v) is 2.11. The van der Waals surface area contributed by atoms with Crippen LogP contribution in [0.25, 0.3) is 0 Å². The molecule has 0 saturated carbocycles. The van der Waals surface area contributed by atoms with E-state index in [1.807, 2.05) is 25.2 Å². The average molecular weight is 258 g/mol. The lowest BCUT2D eigenvalue weighted by Gasteiger charge is -2.23. The monoisotopic (exact) mass is 258 g/mol. The molecule has 1 aromatic rings. The van der Waals surface area contributed by atoms with E-state index < -0.39 is 0 Å². The van der Waals surface area contributed by atoms with Gasteiger partial charge in [0, 0.05) is 19.2 Å². The highest BCUT2D eigenvalue weighted by molar-refractivity contribution is 5.96. The van der Waals surface area contributed by atoms with Crippen molar-refractivity contribution in [1.82, 2.24) is 4.90 Å². The van der Waals surface area contributed by atoms with Crippen LogP contribution in [0, 0.1) is 11.8 Å². The Morgan fingerprint density at radius 2 is 2.32 bits per heavy atom. The number of likely N-dealkylation sites (N-methyl/N-ethyl adjacent to an activating group) is 1. The number of hydrogen-bond donors (Lipinski definition) is 1. The van der Waals surface area contributed by atoms with Gasteiger partial charge in [-0.05, 0) is 18.6 Å². The molecule has 4 nitrogen and oxygen atoms in total. The van der Waals surface area contributed by atoms with Gasteiger partial charge >= 0.3 is 0 Å². The largest absolute Gasteiger partial charge is 0.379 e. The second-order valence-electron chi connectivity index (χ2n) is 4.48. The van der Waals surface area contributed by atoms with Gasteiger partial charge in [0.05, 0.1) is 24.8 Å². The number of rotatable bonds is 2. The first-order chi connectivity index (χ1) is 9.24. The number of nitrogens with two attached hydrogens (primary N) is 1. The number of carbonyl (C=O) groups excluding carboxylic acids is 1. The maximum atomic E-state index is 12.5. The van der Waals surface area contributed by atoms with Crippen molar-refractivity contribution in [2.24, 2.45) is 5.73 Å². The van der Waals surface area contributed by atoms with Gasteiger partial charge in [-0.3, -0.25) is 4.79 Å². The first-order valence-electron chi connectivity index (χ1n) is 6.37. The third-order valence-corrected chi connectivity index (χ3v) is 3.26. The molecule has 1 aliphatic heterocycles. The van der Waals surface area contributed by atoms with Crippen LogP contribution in [0.3, 0.4) is 0 Å². The first kappa shape index (κ1) is 13.6. The van der Waals surface area contributed by atoms with Crippen molar-refractivity contribution in [1.29, 1.82) is 0 Å². The molecule has 0 spiro atoms. The van der Waals surface area contributed by atoms with Gasteiger partial charge in [0.1, 0.15) is 0 Å². The molecule has 100 valence electrons. The molecule has 4 heteroatoms. The smallest absolute Gasteiger partial charge is 0.255 e. The Morgan fingerprint density at radius 3 is 3.00 bits per heavy atom. The Morgan fingerprint density at radius 1 is 1.53 bits per heavy atom. The van der Waals surface area contributed by atoms with Crippen LogP contribution >= 0.6 is 0 Å². The van der Waals surface area contributed by atoms with Crippen LogP contribution in [-0.4, -0.2) is 43.7 Å². The molecule has 1 saturated heterocycles. The van der Waals surface area contributed by atoms with Crippen molar-refractivity contribution in [2.45, 2.75) is 12.5 Å². The molecule has 0 bridgehead atoms. The van der Waals surface area contributed by atoms with E-state index >= 15 is 0 Å². The van der Waals surface area contributed by atoms with E-state index in [2.05, 4.69) is 11.8 Å². The summed E-state index contributed by atoms with van der Waals surface area (Å²) in [6, 6.07) is 7.52. The zero-order valence-corrected chi connectivity index (χ0v) is 11.1. The van der Waals surface area contributed by atoms with E-state index in [0.717, 1.165) is 18.6 Å². The van der Waals surface area contributed by atoms with E-state index in [1.54, 1.807) is 11.0 Å². The van der Waals surface area contributed by atoms with Crippen LogP contribution in [-0.2, 0) is 4.74 Å². The van der Waals surface area contributed by atoms with Gasteiger partial charge in [-0.1, -0.05) is 24.0 Å². The minimum absolute atomic E-state index is 0.0163. The Kier molecular flexibility index (Phi) is 4.56. The van der Waals surface area contributed by atoms with Crippen molar-refractivity contribution in [3.05, 3.63) is 35.4 Å². The highest BCUT2D eigenvalue weighted by Crippen LogP contribution is 2.16. The number of carbonyl (C=O) groups is 1. The maximum absolute atomic E-state index is 12.5. The van der Waals surface area contributed by atoms with Crippen molar-refractivity contribution >= 4 is 5.91 Å². The van der Waals surface area contributed by atoms with Crippen LogP contribution in [0.15, 0.2) is 24.3 Å². The summed E-state index contributed by atoms with van der Waals surface area (Å²) in [6.07, 6.45) is 0.888. The van der Waals surface area contributed by atoms with E-state index in [1.165, 1.54) is 0 Å². The van der Waals surface area contributed by atoms with Crippen molar-refractivity contribution in [3.8, 4) is 11.8 Å². The quantitative estimate of drug-likeness (QED) is 0.800. The molecular weight excluding hydrogens is 240 g/mol. The van der Waals surface area contributed by atoms with E-state index in [-0.39, 0.29) is 18.5 Å². The Bertz CT molecular complexity index is 510. The summed E-state index contributed by atoms with van der Waals surface area (Å²) in [6.45, 7) is 1.62. The maximum Gasteiger partial charge on any atom is 0.255 e. The first-order valence-corrected chi connectivity index (χ1v) is 6.37. The molecule has 0 aromatic heterocycles. The molecule has 0 radical (unpaired) electrons. The molecule has 1 aromatic carbocycles. The molecule has 1 amide bonds. The fraction of sp³-hybridized carbons (Fsp3) is 0.400. The summed E-state index contributed by atoms with van der Waals surface area (Å²) in [5.74, 6) is 5.72. The molecule has 2 N–H and O–H groups in total. The highest BCUT2D eigenvalue weighted by Gasteiger charge is 2.25. The predicted molar refractivity (Wildman–Crippen MR) is 73.7 cm³/mol. The molecule has 1 heterocycles. The Labute approximate surface area is 113 Å². The lowest BCUT2D eigenvalue weighted by molar-refractivity contribution is 0.0711. The average Bonchev–Trinajstić information content (AvgIpc) is 2.98. The molecule has 19 heavy (non-hydrogen) atoms. The lowest BCUT2D eigenvalue weighted by atomic mass is 10.1. The van der Waals surface area contributed by atoms with E-state index in [9.17, 15) is 4.79 Å². The second-order valence-corrected chi connectivity index (χ2v) is 4.48. The van der Waals surface area contributed by atoms with Crippen LogP contribution in [0.4, 0.5) is 0 Å².